The van der Waals surface area contributed by atoms with E-state index in [-0.39, 0.29) is 23.4 Å². The lowest BCUT2D eigenvalue weighted by Gasteiger charge is -2.48. The Bertz CT molecular complexity index is 459. The SMILES string of the molecule is CC(N)C(c1ccccc1F)N1CCN(C)C(C)(C)C1. The molecule has 1 aromatic rings. The molecule has 4 heteroatoms. The number of likely N-dealkylation sites (N-methyl/N-ethyl adjacent to an activating group) is 1. The summed E-state index contributed by atoms with van der Waals surface area (Å²) in [5.74, 6) is -0.161. The number of benzene rings is 1. The molecule has 3 nitrogen and oxygen atoms in total. The van der Waals surface area contributed by atoms with E-state index in [4.69, 9.17) is 5.73 Å². The highest BCUT2D eigenvalue weighted by Crippen LogP contribution is 2.30. The summed E-state index contributed by atoms with van der Waals surface area (Å²) in [6.45, 7) is 9.19. The Kier molecular flexibility index (Phi) is 4.47. The van der Waals surface area contributed by atoms with Crippen LogP contribution in [0.3, 0.4) is 0 Å². The van der Waals surface area contributed by atoms with Crippen LogP contribution in [0.25, 0.3) is 0 Å². The zero-order valence-corrected chi connectivity index (χ0v) is 12.9. The minimum absolute atomic E-state index is 0.0656. The van der Waals surface area contributed by atoms with Crippen molar-refractivity contribution in [2.24, 2.45) is 5.73 Å². The van der Waals surface area contributed by atoms with Gasteiger partial charge in [-0.05, 0) is 33.9 Å². The van der Waals surface area contributed by atoms with Crippen molar-refractivity contribution >= 4 is 0 Å². The molecule has 2 N–H and O–H groups in total. The van der Waals surface area contributed by atoms with E-state index in [1.54, 1.807) is 6.07 Å². The molecule has 0 aromatic heterocycles. The second kappa shape index (κ2) is 5.80. The predicted molar refractivity (Wildman–Crippen MR) is 81.1 cm³/mol. The molecule has 0 amide bonds. The normalized spacial score (nSPS) is 23.5. The number of halogens is 1. The average molecular weight is 279 g/mol. The zero-order valence-electron chi connectivity index (χ0n) is 12.9. The molecule has 2 rings (SSSR count). The molecular weight excluding hydrogens is 253 g/mol. The van der Waals surface area contributed by atoms with Crippen LogP contribution in [-0.4, -0.2) is 48.1 Å². The molecule has 2 atom stereocenters. The molecule has 0 bridgehead atoms. The van der Waals surface area contributed by atoms with Crippen LogP contribution in [0.2, 0.25) is 0 Å². The quantitative estimate of drug-likeness (QED) is 0.921. The van der Waals surface area contributed by atoms with Crippen LogP contribution in [0.15, 0.2) is 24.3 Å². The molecule has 112 valence electrons. The molecule has 0 radical (unpaired) electrons. The van der Waals surface area contributed by atoms with E-state index in [0.717, 1.165) is 19.6 Å². The van der Waals surface area contributed by atoms with Crippen molar-refractivity contribution in [3.63, 3.8) is 0 Å². The number of piperazine rings is 1. The minimum atomic E-state index is -0.161. The van der Waals surface area contributed by atoms with E-state index in [1.807, 2.05) is 19.1 Å². The van der Waals surface area contributed by atoms with Gasteiger partial charge in [-0.25, -0.2) is 4.39 Å². The van der Waals surface area contributed by atoms with Crippen molar-refractivity contribution < 1.29 is 4.39 Å². The van der Waals surface area contributed by atoms with E-state index >= 15 is 0 Å². The fourth-order valence-electron chi connectivity index (χ4n) is 3.04. The summed E-state index contributed by atoms with van der Waals surface area (Å²) in [5, 5.41) is 0. The third-order valence-corrected chi connectivity index (χ3v) is 4.46. The van der Waals surface area contributed by atoms with Gasteiger partial charge >= 0.3 is 0 Å². The first-order valence-corrected chi connectivity index (χ1v) is 7.28. The maximum absolute atomic E-state index is 14.1. The summed E-state index contributed by atoms with van der Waals surface area (Å²) in [7, 11) is 2.14. The van der Waals surface area contributed by atoms with Gasteiger partial charge in [0.25, 0.3) is 0 Å². The second-order valence-electron chi connectivity index (χ2n) is 6.53. The molecule has 1 heterocycles. The first-order valence-electron chi connectivity index (χ1n) is 7.28. The molecule has 1 saturated heterocycles. The van der Waals surface area contributed by atoms with Crippen molar-refractivity contribution in [1.29, 1.82) is 0 Å². The number of rotatable bonds is 3. The predicted octanol–water partition coefficient (Wildman–Crippen LogP) is 2.24. The van der Waals surface area contributed by atoms with Crippen LogP contribution in [0.5, 0.6) is 0 Å². The van der Waals surface area contributed by atoms with Crippen molar-refractivity contribution in [2.75, 3.05) is 26.7 Å². The first-order chi connectivity index (χ1) is 9.33. The van der Waals surface area contributed by atoms with Crippen molar-refractivity contribution in [3.05, 3.63) is 35.6 Å². The Morgan fingerprint density at radius 1 is 1.25 bits per heavy atom. The number of nitrogens with zero attached hydrogens (tertiary/aromatic N) is 2. The highest BCUT2D eigenvalue weighted by atomic mass is 19.1. The Morgan fingerprint density at radius 3 is 2.45 bits per heavy atom. The summed E-state index contributed by atoms with van der Waals surface area (Å²) in [6.07, 6.45) is 0. The summed E-state index contributed by atoms with van der Waals surface area (Å²) in [5.41, 5.74) is 6.96. The van der Waals surface area contributed by atoms with Gasteiger partial charge in [0.2, 0.25) is 0 Å². The fourth-order valence-corrected chi connectivity index (χ4v) is 3.04. The maximum Gasteiger partial charge on any atom is 0.128 e. The molecule has 20 heavy (non-hydrogen) atoms. The molecule has 1 aliphatic rings. The van der Waals surface area contributed by atoms with Gasteiger partial charge in [-0.15, -0.1) is 0 Å². The van der Waals surface area contributed by atoms with Gasteiger partial charge in [0.05, 0.1) is 6.04 Å². The van der Waals surface area contributed by atoms with Gasteiger partial charge in [-0.2, -0.15) is 0 Å². The van der Waals surface area contributed by atoms with Crippen LogP contribution in [0, 0.1) is 5.82 Å². The topological polar surface area (TPSA) is 32.5 Å². The lowest BCUT2D eigenvalue weighted by molar-refractivity contribution is 0.0104. The Morgan fingerprint density at radius 2 is 1.90 bits per heavy atom. The summed E-state index contributed by atoms with van der Waals surface area (Å²) in [4.78, 5) is 4.67. The van der Waals surface area contributed by atoms with E-state index in [2.05, 4.69) is 30.7 Å². The lowest BCUT2D eigenvalue weighted by atomic mass is 9.93. The third kappa shape index (κ3) is 3.03. The van der Waals surface area contributed by atoms with Gasteiger partial charge in [-0.1, -0.05) is 18.2 Å². The Balaban J connectivity index is 2.29. The van der Waals surface area contributed by atoms with Gasteiger partial charge < -0.3 is 5.73 Å². The molecule has 0 saturated carbocycles. The molecular formula is C16H26FN3. The van der Waals surface area contributed by atoms with E-state index in [9.17, 15) is 4.39 Å². The highest BCUT2D eigenvalue weighted by Gasteiger charge is 2.36. The molecule has 2 unspecified atom stereocenters. The van der Waals surface area contributed by atoms with Crippen molar-refractivity contribution in [2.45, 2.75) is 38.4 Å². The first kappa shape index (κ1) is 15.4. The van der Waals surface area contributed by atoms with Crippen LogP contribution < -0.4 is 5.73 Å². The molecule has 1 fully saturated rings. The second-order valence-corrected chi connectivity index (χ2v) is 6.53. The molecule has 1 aromatic carbocycles. The number of hydrogen-bond acceptors (Lipinski definition) is 3. The van der Waals surface area contributed by atoms with Gasteiger partial charge in [0.15, 0.2) is 0 Å². The third-order valence-electron chi connectivity index (χ3n) is 4.46. The van der Waals surface area contributed by atoms with E-state index in [1.165, 1.54) is 6.07 Å². The van der Waals surface area contributed by atoms with Crippen LogP contribution in [0.1, 0.15) is 32.4 Å². The molecule has 0 aliphatic carbocycles. The largest absolute Gasteiger partial charge is 0.326 e. The summed E-state index contributed by atoms with van der Waals surface area (Å²) in [6, 6.07) is 6.82. The summed E-state index contributed by atoms with van der Waals surface area (Å²) < 4.78 is 14.1. The van der Waals surface area contributed by atoms with E-state index < -0.39 is 0 Å². The maximum atomic E-state index is 14.1. The van der Waals surface area contributed by atoms with Crippen molar-refractivity contribution in [1.82, 2.24) is 9.80 Å². The monoisotopic (exact) mass is 279 g/mol. The lowest BCUT2D eigenvalue weighted by Crippen LogP contribution is -2.59. The zero-order chi connectivity index (χ0) is 14.9. The van der Waals surface area contributed by atoms with Gasteiger partial charge in [0, 0.05) is 36.8 Å². The fraction of sp³-hybridized carbons (Fsp3) is 0.625. The number of hydrogen-bond donors (Lipinski definition) is 1. The van der Waals surface area contributed by atoms with Crippen molar-refractivity contribution in [3.8, 4) is 0 Å². The standard InChI is InChI=1S/C16H26FN3/c1-12(18)15(13-7-5-6-8-14(13)17)20-10-9-19(4)16(2,3)11-20/h5-8,12,15H,9-11,18H2,1-4H3. The summed E-state index contributed by atoms with van der Waals surface area (Å²) >= 11 is 0. The average Bonchev–Trinajstić information content (AvgIpc) is 2.36. The molecule has 0 spiro atoms. The molecule has 1 aliphatic heterocycles. The van der Waals surface area contributed by atoms with Crippen LogP contribution in [0.4, 0.5) is 4.39 Å². The van der Waals surface area contributed by atoms with Crippen LogP contribution in [-0.2, 0) is 0 Å². The minimum Gasteiger partial charge on any atom is -0.326 e. The highest BCUT2D eigenvalue weighted by molar-refractivity contribution is 5.23. The smallest absolute Gasteiger partial charge is 0.128 e. The van der Waals surface area contributed by atoms with Gasteiger partial charge in [-0.3, -0.25) is 9.80 Å². The van der Waals surface area contributed by atoms with E-state index in [0.29, 0.717) is 5.56 Å². The van der Waals surface area contributed by atoms with Gasteiger partial charge in [0.1, 0.15) is 5.82 Å². The van der Waals surface area contributed by atoms with Crippen LogP contribution >= 0.6 is 0 Å². The Labute approximate surface area is 121 Å². The Hall–Kier alpha value is -0.970. The number of nitrogens with two attached hydrogens (primary N) is 1.